The van der Waals surface area contributed by atoms with Gasteiger partial charge in [-0.25, -0.2) is 4.98 Å². The Balaban J connectivity index is 2.14. The van der Waals surface area contributed by atoms with Gasteiger partial charge in [-0.3, -0.25) is 4.79 Å². The number of hydrogen-bond acceptors (Lipinski definition) is 3. The molecule has 1 N–H and O–H groups in total. The van der Waals surface area contributed by atoms with E-state index in [1.54, 1.807) is 17.0 Å². The van der Waals surface area contributed by atoms with Crippen molar-refractivity contribution in [2.24, 2.45) is 11.8 Å². The predicted molar refractivity (Wildman–Crippen MR) is 83.0 cm³/mol. The molecular weight excluding hydrogens is 250 g/mol. The van der Waals surface area contributed by atoms with Gasteiger partial charge in [-0.2, -0.15) is 0 Å². The molecule has 1 aromatic heterocycles. The van der Waals surface area contributed by atoms with E-state index in [0.29, 0.717) is 23.7 Å². The SMILES string of the molecule is CCC1CCCCC1Nc1nccn(CC(C)C)c1=O. The fourth-order valence-corrected chi connectivity index (χ4v) is 3.15. The summed E-state index contributed by atoms with van der Waals surface area (Å²) in [4.78, 5) is 16.7. The first-order valence-corrected chi connectivity index (χ1v) is 7.93. The van der Waals surface area contributed by atoms with E-state index in [1.165, 1.54) is 25.7 Å². The van der Waals surface area contributed by atoms with E-state index < -0.39 is 0 Å². The van der Waals surface area contributed by atoms with Gasteiger partial charge in [0.1, 0.15) is 0 Å². The van der Waals surface area contributed by atoms with Gasteiger partial charge in [-0.1, -0.05) is 40.0 Å². The molecular formula is C16H27N3O. The maximum absolute atomic E-state index is 12.4. The number of nitrogens with zero attached hydrogens (tertiary/aromatic N) is 2. The highest BCUT2D eigenvalue weighted by molar-refractivity contribution is 5.32. The Bertz CT molecular complexity index is 481. The lowest BCUT2D eigenvalue weighted by atomic mass is 9.83. The van der Waals surface area contributed by atoms with Crippen LogP contribution in [0.4, 0.5) is 5.82 Å². The van der Waals surface area contributed by atoms with Crippen molar-refractivity contribution in [1.29, 1.82) is 0 Å². The van der Waals surface area contributed by atoms with Gasteiger partial charge >= 0.3 is 0 Å². The first kappa shape index (κ1) is 15.1. The van der Waals surface area contributed by atoms with Gasteiger partial charge in [0.2, 0.25) is 0 Å². The number of hydrogen-bond donors (Lipinski definition) is 1. The summed E-state index contributed by atoms with van der Waals surface area (Å²) >= 11 is 0. The first-order chi connectivity index (χ1) is 9.61. The van der Waals surface area contributed by atoms with Crippen molar-refractivity contribution < 1.29 is 0 Å². The standard InChI is InChI=1S/C16H27N3O/c1-4-13-7-5-6-8-14(13)18-15-16(20)19(10-9-17-15)11-12(2)3/h9-10,12-14H,4-8,11H2,1-3H3,(H,17,18). The third-order valence-corrected chi connectivity index (χ3v) is 4.23. The van der Waals surface area contributed by atoms with Crippen LogP contribution in [0.15, 0.2) is 17.2 Å². The fraction of sp³-hybridized carbons (Fsp3) is 0.750. The molecule has 112 valence electrons. The number of nitrogens with one attached hydrogen (secondary N) is 1. The van der Waals surface area contributed by atoms with E-state index in [4.69, 9.17) is 0 Å². The molecule has 1 aliphatic rings. The van der Waals surface area contributed by atoms with Crippen LogP contribution in [-0.2, 0) is 6.54 Å². The predicted octanol–water partition coefficient (Wildman–Crippen LogP) is 3.28. The summed E-state index contributed by atoms with van der Waals surface area (Å²) in [6, 6.07) is 0.406. The minimum atomic E-state index is 0.0154. The summed E-state index contributed by atoms with van der Waals surface area (Å²) in [5.41, 5.74) is 0.0154. The Morgan fingerprint density at radius 2 is 2.15 bits per heavy atom. The van der Waals surface area contributed by atoms with Crippen molar-refractivity contribution in [3.63, 3.8) is 0 Å². The first-order valence-electron chi connectivity index (χ1n) is 7.93. The van der Waals surface area contributed by atoms with Gasteiger partial charge in [-0.05, 0) is 24.7 Å². The van der Waals surface area contributed by atoms with Gasteiger partial charge in [0.05, 0.1) is 0 Å². The molecule has 0 radical (unpaired) electrons. The Kier molecular flexibility index (Phi) is 5.21. The fourth-order valence-electron chi connectivity index (χ4n) is 3.15. The lowest BCUT2D eigenvalue weighted by Gasteiger charge is -2.31. The molecule has 1 heterocycles. The molecule has 1 aliphatic carbocycles. The molecule has 2 unspecified atom stereocenters. The van der Waals surface area contributed by atoms with Crippen LogP contribution in [0, 0.1) is 11.8 Å². The Hall–Kier alpha value is -1.32. The zero-order valence-electron chi connectivity index (χ0n) is 12.9. The molecule has 0 amide bonds. The van der Waals surface area contributed by atoms with Crippen molar-refractivity contribution in [2.45, 2.75) is 65.5 Å². The van der Waals surface area contributed by atoms with Crippen LogP contribution in [0.5, 0.6) is 0 Å². The lowest BCUT2D eigenvalue weighted by Crippen LogP contribution is -2.36. The highest BCUT2D eigenvalue weighted by atomic mass is 16.1. The average molecular weight is 277 g/mol. The zero-order chi connectivity index (χ0) is 14.5. The highest BCUT2D eigenvalue weighted by Gasteiger charge is 2.24. The summed E-state index contributed by atoms with van der Waals surface area (Å²) in [5, 5.41) is 3.42. The normalized spacial score (nSPS) is 23.0. The molecule has 0 saturated heterocycles. The van der Waals surface area contributed by atoms with Crippen molar-refractivity contribution in [3.05, 3.63) is 22.7 Å². The third kappa shape index (κ3) is 3.62. The van der Waals surface area contributed by atoms with Crippen LogP contribution in [-0.4, -0.2) is 15.6 Å². The third-order valence-electron chi connectivity index (χ3n) is 4.23. The molecule has 0 aliphatic heterocycles. The van der Waals surface area contributed by atoms with Crippen LogP contribution in [0.2, 0.25) is 0 Å². The Morgan fingerprint density at radius 1 is 1.40 bits per heavy atom. The monoisotopic (exact) mass is 277 g/mol. The van der Waals surface area contributed by atoms with Crippen molar-refractivity contribution in [3.8, 4) is 0 Å². The average Bonchev–Trinajstić information content (AvgIpc) is 2.43. The zero-order valence-corrected chi connectivity index (χ0v) is 12.9. The Morgan fingerprint density at radius 3 is 2.85 bits per heavy atom. The molecule has 0 aromatic carbocycles. The minimum Gasteiger partial charge on any atom is -0.362 e. The minimum absolute atomic E-state index is 0.0154. The molecule has 4 heteroatoms. The molecule has 4 nitrogen and oxygen atoms in total. The van der Waals surface area contributed by atoms with Crippen molar-refractivity contribution in [2.75, 3.05) is 5.32 Å². The van der Waals surface area contributed by atoms with E-state index in [1.807, 2.05) is 0 Å². The van der Waals surface area contributed by atoms with Crippen LogP contribution in [0.1, 0.15) is 52.9 Å². The molecule has 20 heavy (non-hydrogen) atoms. The summed E-state index contributed by atoms with van der Waals surface area (Å²) in [5.74, 6) is 1.66. The lowest BCUT2D eigenvalue weighted by molar-refractivity contribution is 0.316. The molecule has 1 saturated carbocycles. The molecule has 0 spiro atoms. The van der Waals surface area contributed by atoms with Crippen LogP contribution in [0.3, 0.4) is 0 Å². The number of anilines is 1. The molecule has 0 bridgehead atoms. The smallest absolute Gasteiger partial charge is 0.293 e. The molecule has 1 fully saturated rings. The van der Waals surface area contributed by atoms with Crippen LogP contribution >= 0.6 is 0 Å². The maximum Gasteiger partial charge on any atom is 0.293 e. The van der Waals surface area contributed by atoms with Gasteiger partial charge in [-0.15, -0.1) is 0 Å². The van der Waals surface area contributed by atoms with E-state index >= 15 is 0 Å². The summed E-state index contributed by atoms with van der Waals surface area (Å²) < 4.78 is 1.77. The Labute approximate surface area is 121 Å². The van der Waals surface area contributed by atoms with Crippen molar-refractivity contribution >= 4 is 5.82 Å². The molecule has 2 atom stereocenters. The van der Waals surface area contributed by atoms with Gasteiger partial charge in [0.25, 0.3) is 5.56 Å². The molecule has 2 rings (SSSR count). The van der Waals surface area contributed by atoms with Crippen LogP contribution < -0.4 is 10.9 Å². The second-order valence-electron chi connectivity index (χ2n) is 6.33. The van der Waals surface area contributed by atoms with Gasteiger partial charge in [0, 0.05) is 25.0 Å². The summed E-state index contributed by atoms with van der Waals surface area (Å²) in [6.45, 7) is 7.22. The number of aromatic nitrogens is 2. The maximum atomic E-state index is 12.4. The topological polar surface area (TPSA) is 46.9 Å². The number of rotatable bonds is 5. The van der Waals surface area contributed by atoms with Gasteiger partial charge < -0.3 is 9.88 Å². The summed E-state index contributed by atoms with van der Waals surface area (Å²) in [7, 11) is 0. The quantitative estimate of drug-likeness (QED) is 0.898. The van der Waals surface area contributed by atoms with Crippen molar-refractivity contribution in [1.82, 2.24) is 9.55 Å². The highest BCUT2D eigenvalue weighted by Crippen LogP contribution is 2.28. The second-order valence-corrected chi connectivity index (χ2v) is 6.33. The van der Waals surface area contributed by atoms with E-state index in [9.17, 15) is 4.79 Å². The van der Waals surface area contributed by atoms with Crippen LogP contribution in [0.25, 0.3) is 0 Å². The second kappa shape index (κ2) is 6.91. The van der Waals surface area contributed by atoms with E-state index in [2.05, 4.69) is 31.1 Å². The van der Waals surface area contributed by atoms with Gasteiger partial charge in [0.15, 0.2) is 5.82 Å². The van der Waals surface area contributed by atoms with E-state index in [0.717, 1.165) is 13.0 Å². The summed E-state index contributed by atoms with van der Waals surface area (Å²) in [6.07, 6.45) is 9.67. The largest absolute Gasteiger partial charge is 0.362 e. The molecule has 1 aromatic rings. The van der Waals surface area contributed by atoms with E-state index in [-0.39, 0.29) is 5.56 Å².